The molecular weight excluding hydrogens is 104 g/mol. The highest BCUT2D eigenvalue weighted by molar-refractivity contribution is 8.02. The van der Waals surface area contributed by atoms with Crippen LogP contribution in [0.15, 0.2) is 11.5 Å². The summed E-state index contributed by atoms with van der Waals surface area (Å²) in [6, 6.07) is 0. The van der Waals surface area contributed by atoms with E-state index in [1.165, 1.54) is 4.91 Å². The van der Waals surface area contributed by atoms with Gasteiger partial charge >= 0.3 is 0 Å². The van der Waals surface area contributed by atoms with Crippen molar-refractivity contribution in [3.05, 3.63) is 18.4 Å². The number of rotatable bonds is 3. The number of thioether (sulfide) groups is 1. The zero-order chi connectivity index (χ0) is 5.70. The van der Waals surface area contributed by atoms with Crippen LogP contribution in [0.4, 0.5) is 0 Å². The Balaban J connectivity index is 3.00. The predicted octanol–water partition coefficient (Wildman–Crippen LogP) is 2.48. The maximum Gasteiger partial charge on any atom is -0.0140 e. The Hall–Kier alpha value is 0.0900. The first-order valence-corrected chi connectivity index (χ1v) is 3.54. The van der Waals surface area contributed by atoms with Gasteiger partial charge in [-0.2, -0.15) is 0 Å². The lowest BCUT2D eigenvalue weighted by Gasteiger charge is -1.93. The molecule has 0 aromatic rings. The number of hydrogen-bond donors (Lipinski definition) is 0. The van der Waals surface area contributed by atoms with E-state index in [1.54, 1.807) is 11.8 Å². The minimum atomic E-state index is 0.972. The summed E-state index contributed by atoms with van der Waals surface area (Å²) >= 11 is 1.71. The van der Waals surface area contributed by atoms with Gasteiger partial charge in [0.2, 0.25) is 0 Å². The Bertz CT molecular complexity index is 57.2. The van der Waals surface area contributed by atoms with Crippen molar-refractivity contribution in [1.82, 2.24) is 0 Å². The molecule has 0 unspecified atom stereocenters. The first-order chi connectivity index (χ1) is 3.31. The van der Waals surface area contributed by atoms with Crippen LogP contribution in [0.3, 0.4) is 0 Å². The normalized spacial score (nSPS) is 8.86. The molecule has 0 saturated heterocycles. The van der Waals surface area contributed by atoms with Crippen LogP contribution in [0.1, 0.15) is 12.8 Å². The van der Waals surface area contributed by atoms with Crippen molar-refractivity contribution in [1.29, 1.82) is 0 Å². The fourth-order valence-electron chi connectivity index (χ4n) is 0.299. The van der Waals surface area contributed by atoms with Crippen molar-refractivity contribution in [3.63, 3.8) is 0 Å². The molecule has 0 aliphatic heterocycles. The summed E-state index contributed by atoms with van der Waals surface area (Å²) in [6.45, 7) is 7.49. The van der Waals surface area contributed by atoms with E-state index in [0.717, 1.165) is 12.8 Å². The van der Waals surface area contributed by atoms with Gasteiger partial charge in [-0.1, -0.05) is 13.5 Å². The summed E-state index contributed by atoms with van der Waals surface area (Å²) in [5, 5.41) is 0. The van der Waals surface area contributed by atoms with E-state index in [1.807, 2.05) is 6.26 Å². The maximum absolute atomic E-state index is 3.79. The van der Waals surface area contributed by atoms with Crippen LogP contribution in [0.5, 0.6) is 0 Å². The predicted molar refractivity (Wildman–Crippen MR) is 37.2 cm³/mol. The van der Waals surface area contributed by atoms with Crippen molar-refractivity contribution in [2.75, 3.05) is 6.26 Å². The minimum absolute atomic E-state index is 0.972. The molecular formula is C6H11S. The third-order valence-corrected chi connectivity index (χ3v) is 1.53. The van der Waals surface area contributed by atoms with E-state index in [4.69, 9.17) is 0 Å². The lowest BCUT2D eigenvalue weighted by atomic mass is 10.3. The molecule has 7 heavy (non-hydrogen) atoms. The van der Waals surface area contributed by atoms with E-state index in [-0.39, 0.29) is 0 Å². The molecule has 0 saturated carbocycles. The Labute approximate surface area is 50.0 Å². The third-order valence-electron chi connectivity index (χ3n) is 0.744. The molecule has 0 aliphatic rings. The van der Waals surface area contributed by atoms with Crippen molar-refractivity contribution < 1.29 is 0 Å². The standard InChI is InChI=1S/C6H11S/c1-4-5-6(2)7-3/h1-2,4-5H2,3H3. The lowest BCUT2D eigenvalue weighted by Crippen LogP contribution is -1.68. The van der Waals surface area contributed by atoms with Crippen molar-refractivity contribution in [3.8, 4) is 0 Å². The van der Waals surface area contributed by atoms with Gasteiger partial charge in [0.15, 0.2) is 0 Å². The van der Waals surface area contributed by atoms with Gasteiger partial charge in [0.1, 0.15) is 0 Å². The summed E-state index contributed by atoms with van der Waals surface area (Å²) in [4.78, 5) is 1.23. The minimum Gasteiger partial charge on any atom is -0.135 e. The molecule has 0 heterocycles. The first kappa shape index (κ1) is 7.09. The van der Waals surface area contributed by atoms with Crippen LogP contribution in [-0.2, 0) is 0 Å². The summed E-state index contributed by atoms with van der Waals surface area (Å²) in [7, 11) is 0. The van der Waals surface area contributed by atoms with E-state index in [0.29, 0.717) is 0 Å². The molecule has 0 aromatic heterocycles. The second kappa shape index (κ2) is 4.25. The molecule has 0 aromatic carbocycles. The topological polar surface area (TPSA) is 0 Å². The van der Waals surface area contributed by atoms with Crippen LogP contribution in [0, 0.1) is 6.92 Å². The van der Waals surface area contributed by atoms with Gasteiger partial charge in [-0.3, -0.25) is 0 Å². The van der Waals surface area contributed by atoms with Gasteiger partial charge in [-0.25, -0.2) is 0 Å². The Morgan fingerprint density at radius 2 is 2.29 bits per heavy atom. The molecule has 0 aliphatic carbocycles. The van der Waals surface area contributed by atoms with Gasteiger partial charge in [0.25, 0.3) is 0 Å². The largest absolute Gasteiger partial charge is 0.135 e. The maximum atomic E-state index is 3.79. The lowest BCUT2D eigenvalue weighted by molar-refractivity contribution is 1.04. The zero-order valence-electron chi connectivity index (χ0n) is 4.74. The Kier molecular flexibility index (Phi) is 4.31. The van der Waals surface area contributed by atoms with Crippen LogP contribution in [0.2, 0.25) is 0 Å². The van der Waals surface area contributed by atoms with Gasteiger partial charge in [-0.15, -0.1) is 11.8 Å². The fraction of sp³-hybridized carbons (Fsp3) is 0.500. The average Bonchev–Trinajstić information content (AvgIpc) is 1.68. The fourth-order valence-corrected chi connectivity index (χ4v) is 0.648. The second-order valence-corrected chi connectivity index (χ2v) is 2.33. The van der Waals surface area contributed by atoms with Gasteiger partial charge < -0.3 is 0 Å². The van der Waals surface area contributed by atoms with E-state index < -0.39 is 0 Å². The summed E-state index contributed by atoms with van der Waals surface area (Å²) in [5.41, 5.74) is 0. The van der Waals surface area contributed by atoms with Gasteiger partial charge in [-0.05, 0) is 24.0 Å². The van der Waals surface area contributed by atoms with E-state index in [2.05, 4.69) is 13.5 Å². The third kappa shape index (κ3) is 3.93. The molecule has 1 heteroatoms. The van der Waals surface area contributed by atoms with Gasteiger partial charge in [0, 0.05) is 0 Å². The first-order valence-electron chi connectivity index (χ1n) is 2.32. The van der Waals surface area contributed by atoms with E-state index >= 15 is 0 Å². The van der Waals surface area contributed by atoms with E-state index in [9.17, 15) is 0 Å². The van der Waals surface area contributed by atoms with Crippen LogP contribution < -0.4 is 0 Å². The SMILES string of the molecule is [CH2]CCC(=C)SC. The molecule has 0 rings (SSSR count). The highest BCUT2D eigenvalue weighted by atomic mass is 32.2. The Morgan fingerprint density at radius 3 is 2.43 bits per heavy atom. The second-order valence-electron chi connectivity index (χ2n) is 1.35. The van der Waals surface area contributed by atoms with Crippen molar-refractivity contribution in [2.45, 2.75) is 12.8 Å². The summed E-state index contributed by atoms with van der Waals surface area (Å²) < 4.78 is 0. The van der Waals surface area contributed by atoms with Crippen molar-refractivity contribution in [2.24, 2.45) is 0 Å². The number of allylic oxidation sites excluding steroid dienone is 1. The molecule has 0 bridgehead atoms. The molecule has 1 radical (unpaired) electrons. The molecule has 0 amide bonds. The molecule has 0 atom stereocenters. The Morgan fingerprint density at radius 1 is 1.71 bits per heavy atom. The average molecular weight is 115 g/mol. The quantitative estimate of drug-likeness (QED) is 0.544. The molecule has 0 N–H and O–H groups in total. The molecule has 0 fully saturated rings. The smallest absolute Gasteiger partial charge is 0.0140 e. The monoisotopic (exact) mass is 115 g/mol. The van der Waals surface area contributed by atoms with Crippen LogP contribution in [-0.4, -0.2) is 6.26 Å². The molecule has 0 nitrogen and oxygen atoms in total. The van der Waals surface area contributed by atoms with Crippen molar-refractivity contribution >= 4 is 11.8 Å². The molecule has 41 valence electrons. The summed E-state index contributed by atoms with van der Waals surface area (Å²) in [5.74, 6) is 0. The highest BCUT2D eigenvalue weighted by Gasteiger charge is 1.84. The van der Waals surface area contributed by atoms with Crippen LogP contribution >= 0.6 is 11.8 Å². The van der Waals surface area contributed by atoms with Gasteiger partial charge in [0.05, 0.1) is 0 Å². The zero-order valence-corrected chi connectivity index (χ0v) is 5.55. The summed E-state index contributed by atoms with van der Waals surface area (Å²) in [6.07, 6.45) is 4.07. The van der Waals surface area contributed by atoms with Crippen LogP contribution in [0.25, 0.3) is 0 Å². The molecule has 0 spiro atoms. The number of hydrogen-bond acceptors (Lipinski definition) is 1. The highest BCUT2D eigenvalue weighted by Crippen LogP contribution is 2.13.